The molecule has 0 saturated carbocycles. The summed E-state index contributed by atoms with van der Waals surface area (Å²) in [7, 11) is 0. The highest BCUT2D eigenvalue weighted by atomic mass is 32.2. The van der Waals surface area contributed by atoms with E-state index in [0.29, 0.717) is 6.54 Å². The molecular formula is C9H12F2N2S. The number of hydrogen-bond acceptors (Lipinski definition) is 3. The molecule has 0 atom stereocenters. The van der Waals surface area contributed by atoms with E-state index in [2.05, 4.69) is 10.3 Å². The number of nitrogens with one attached hydrogen (secondary N) is 1. The fourth-order valence-electron chi connectivity index (χ4n) is 0.968. The van der Waals surface area contributed by atoms with Crippen LogP contribution in [0.5, 0.6) is 0 Å². The van der Waals surface area contributed by atoms with E-state index in [1.807, 2.05) is 6.26 Å². The van der Waals surface area contributed by atoms with Crippen molar-refractivity contribution in [2.45, 2.75) is 6.42 Å². The molecule has 1 aromatic rings. The van der Waals surface area contributed by atoms with Gasteiger partial charge in [-0.25, -0.2) is 13.8 Å². The Labute approximate surface area is 86.1 Å². The molecule has 0 fully saturated rings. The minimum absolute atomic E-state index is 0.118. The van der Waals surface area contributed by atoms with Crippen molar-refractivity contribution >= 4 is 17.6 Å². The molecule has 0 radical (unpaired) electrons. The van der Waals surface area contributed by atoms with Gasteiger partial charge in [0.25, 0.3) is 0 Å². The molecule has 0 bridgehead atoms. The number of rotatable bonds is 5. The van der Waals surface area contributed by atoms with Crippen LogP contribution in [0, 0.1) is 11.6 Å². The van der Waals surface area contributed by atoms with Crippen molar-refractivity contribution in [2.24, 2.45) is 0 Å². The smallest absolute Gasteiger partial charge is 0.168 e. The second kappa shape index (κ2) is 5.80. The van der Waals surface area contributed by atoms with Gasteiger partial charge >= 0.3 is 0 Å². The fraction of sp³-hybridized carbons (Fsp3) is 0.444. The predicted molar refractivity (Wildman–Crippen MR) is 55.6 cm³/mol. The molecule has 0 amide bonds. The minimum atomic E-state index is -0.655. The van der Waals surface area contributed by atoms with Crippen molar-refractivity contribution in [3.63, 3.8) is 0 Å². The topological polar surface area (TPSA) is 24.9 Å². The quantitative estimate of drug-likeness (QED) is 0.769. The molecule has 1 heterocycles. The van der Waals surface area contributed by atoms with Crippen LogP contribution in [-0.4, -0.2) is 23.5 Å². The average molecular weight is 218 g/mol. The normalized spacial score (nSPS) is 10.2. The first-order chi connectivity index (χ1) is 6.74. The van der Waals surface area contributed by atoms with Crippen LogP contribution in [0.1, 0.15) is 6.42 Å². The van der Waals surface area contributed by atoms with Crippen molar-refractivity contribution in [1.29, 1.82) is 0 Å². The molecule has 14 heavy (non-hydrogen) atoms. The van der Waals surface area contributed by atoms with Gasteiger partial charge in [0, 0.05) is 12.6 Å². The van der Waals surface area contributed by atoms with Gasteiger partial charge in [0.2, 0.25) is 0 Å². The Morgan fingerprint density at radius 3 is 2.93 bits per heavy atom. The number of nitrogens with zero attached hydrogens (tertiary/aromatic N) is 1. The van der Waals surface area contributed by atoms with Gasteiger partial charge in [-0.2, -0.15) is 11.8 Å². The van der Waals surface area contributed by atoms with Gasteiger partial charge in [-0.3, -0.25) is 0 Å². The Kier molecular flexibility index (Phi) is 4.65. The zero-order chi connectivity index (χ0) is 10.4. The molecular weight excluding hydrogens is 206 g/mol. The number of halogens is 2. The maximum atomic E-state index is 13.0. The van der Waals surface area contributed by atoms with Crippen molar-refractivity contribution in [3.05, 3.63) is 23.9 Å². The van der Waals surface area contributed by atoms with Gasteiger partial charge in [-0.05, 0) is 18.4 Å². The minimum Gasteiger partial charge on any atom is -0.368 e. The maximum Gasteiger partial charge on any atom is 0.168 e. The molecule has 0 saturated heterocycles. The van der Waals surface area contributed by atoms with Crippen LogP contribution in [0.3, 0.4) is 0 Å². The van der Waals surface area contributed by atoms with Gasteiger partial charge in [-0.1, -0.05) is 0 Å². The Morgan fingerprint density at radius 1 is 1.50 bits per heavy atom. The molecule has 0 aliphatic carbocycles. The lowest BCUT2D eigenvalue weighted by molar-refractivity contribution is 0.575. The van der Waals surface area contributed by atoms with Gasteiger partial charge in [-0.15, -0.1) is 0 Å². The van der Waals surface area contributed by atoms with Crippen molar-refractivity contribution in [3.8, 4) is 0 Å². The first-order valence-electron chi connectivity index (χ1n) is 4.28. The van der Waals surface area contributed by atoms with E-state index >= 15 is 0 Å². The van der Waals surface area contributed by atoms with Crippen molar-refractivity contribution in [1.82, 2.24) is 4.98 Å². The summed E-state index contributed by atoms with van der Waals surface area (Å²) >= 11 is 1.73. The lowest BCUT2D eigenvalue weighted by atomic mass is 10.4. The van der Waals surface area contributed by atoms with E-state index in [0.717, 1.165) is 24.4 Å². The first kappa shape index (κ1) is 11.2. The fourth-order valence-corrected chi connectivity index (χ4v) is 1.40. The Balaban J connectivity index is 2.42. The lowest BCUT2D eigenvalue weighted by Crippen LogP contribution is -2.06. The van der Waals surface area contributed by atoms with Crippen LogP contribution in [0.2, 0.25) is 0 Å². The number of hydrogen-bond donors (Lipinski definition) is 1. The van der Waals surface area contributed by atoms with E-state index in [1.54, 1.807) is 11.8 Å². The van der Waals surface area contributed by atoms with Crippen LogP contribution < -0.4 is 5.32 Å². The lowest BCUT2D eigenvalue weighted by Gasteiger charge is -2.05. The summed E-state index contributed by atoms with van der Waals surface area (Å²) in [5.74, 6) is -0.172. The first-order valence-corrected chi connectivity index (χ1v) is 5.67. The van der Waals surface area contributed by atoms with Gasteiger partial charge < -0.3 is 5.32 Å². The highest BCUT2D eigenvalue weighted by Crippen LogP contribution is 2.10. The number of anilines is 1. The number of aromatic nitrogens is 1. The standard InChI is InChI=1S/C9H12F2N2S/c1-14-4-2-3-12-9-8(11)5-7(10)6-13-9/h5-6H,2-4H2,1H3,(H,12,13). The van der Waals surface area contributed by atoms with Crippen LogP contribution in [0.15, 0.2) is 12.3 Å². The summed E-state index contributed by atoms with van der Waals surface area (Å²) in [4.78, 5) is 3.61. The third kappa shape index (κ3) is 3.49. The highest BCUT2D eigenvalue weighted by molar-refractivity contribution is 7.98. The SMILES string of the molecule is CSCCCNc1ncc(F)cc1F. The summed E-state index contributed by atoms with van der Waals surface area (Å²) in [6, 6.07) is 0.823. The molecule has 78 valence electrons. The molecule has 0 aliphatic heterocycles. The summed E-state index contributed by atoms with van der Waals surface area (Å²) in [5, 5.41) is 2.81. The number of thioether (sulfide) groups is 1. The number of pyridine rings is 1. The van der Waals surface area contributed by atoms with Gasteiger partial charge in [0.05, 0.1) is 6.20 Å². The largest absolute Gasteiger partial charge is 0.368 e. The van der Waals surface area contributed by atoms with Crippen molar-refractivity contribution in [2.75, 3.05) is 23.9 Å². The second-order valence-corrected chi connectivity index (χ2v) is 3.74. The van der Waals surface area contributed by atoms with E-state index < -0.39 is 11.6 Å². The zero-order valence-electron chi connectivity index (χ0n) is 7.89. The third-order valence-electron chi connectivity index (χ3n) is 1.63. The third-order valence-corrected chi connectivity index (χ3v) is 2.32. The van der Waals surface area contributed by atoms with E-state index in [4.69, 9.17) is 0 Å². The Bertz CT molecular complexity index is 294. The van der Waals surface area contributed by atoms with E-state index in [1.165, 1.54) is 0 Å². The molecule has 5 heteroatoms. The highest BCUT2D eigenvalue weighted by Gasteiger charge is 2.03. The van der Waals surface area contributed by atoms with Gasteiger partial charge in [0.1, 0.15) is 5.82 Å². The van der Waals surface area contributed by atoms with Gasteiger partial charge in [0.15, 0.2) is 11.6 Å². The molecule has 0 spiro atoms. The second-order valence-electron chi connectivity index (χ2n) is 2.76. The van der Waals surface area contributed by atoms with Crippen LogP contribution in [0.25, 0.3) is 0 Å². The Hall–Kier alpha value is -0.840. The van der Waals surface area contributed by atoms with E-state index in [-0.39, 0.29) is 5.82 Å². The van der Waals surface area contributed by atoms with Crippen molar-refractivity contribution < 1.29 is 8.78 Å². The summed E-state index contributed by atoms with van der Waals surface area (Å²) < 4.78 is 25.4. The summed E-state index contributed by atoms with van der Waals surface area (Å²) in [5.41, 5.74) is 0. The van der Waals surface area contributed by atoms with Crippen LogP contribution in [-0.2, 0) is 0 Å². The molecule has 1 N–H and O–H groups in total. The molecule has 0 aliphatic rings. The zero-order valence-corrected chi connectivity index (χ0v) is 8.70. The molecule has 2 nitrogen and oxygen atoms in total. The van der Waals surface area contributed by atoms with Crippen LogP contribution in [0.4, 0.5) is 14.6 Å². The maximum absolute atomic E-state index is 13.0. The predicted octanol–water partition coefficient (Wildman–Crippen LogP) is 2.52. The molecule has 1 rings (SSSR count). The molecule has 0 aromatic carbocycles. The summed E-state index contributed by atoms with van der Waals surface area (Å²) in [6.45, 7) is 0.649. The molecule has 1 aromatic heterocycles. The van der Waals surface area contributed by atoms with E-state index in [9.17, 15) is 8.78 Å². The Morgan fingerprint density at radius 2 is 2.29 bits per heavy atom. The van der Waals surface area contributed by atoms with Crippen LogP contribution >= 0.6 is 11.8 Å². The monoisotopic (exact) mass is 218 g/mol. The summed E-state index contributed by atoms with van der Waals surface area (Å²) in [6.07, 6.45) is 3.94. The molecule has 0 unspecified atom stereocenters. The average Bonchev–Trinajstić information content (AvgIpc) is 2.15.